The van der Waals surface area contributed by atoms with Gasteiger partial charge in [-0.25, -0.2) is 4.39 Å². The molecule has 2 aromatic rings. The third kappa shape index (κ3) is 5.47. The molecule has 0 bridgehead atoms. The number of nitrogens with zero attached hydrogens (tertiary/aromatic N) is 1. The van der Waals surface area contributed by atoms with Gasteiger partial charge in [0.05, 0.1) is 12.0 Å². The Morgan fingerprint density at radius 3 is 2.50 bits per heavy atom. The van der Waals surface area contributed by atoms with E-state index in [1.807, 2.05) is 37.8 Å². The molecule has 1 aliphatic heterocycles. The van der Waals surface area contributed by atoms with Crippen LogP contribution in [0, 0.1) is 18.7 Å². The van der Waals surface area contributed by atoms with E-state index in [9.17, 15) is 27.2 Å². The zero-order valence-electron chi connectivity index (χ0n) is 18.3. The van der Waals surface area contributed by atoms with Crippen molar-refractivity contribution < 1.29 is 27.2 Å². The van der Waals surface area contributed by atoms with Crippen LogP contribution in [0.3, 0.4) is 0 Å². The highest BCUT2D eigenvalue weighted by Crippen LogP contribution is 2.32. The maximum Gasteiger partial charge on any atom is 0.419 e. The minimum absolute atomic E-state index is 0.0983. The fourth-order valence-corrected chi connectivity index (χ4v) is 3.91. The first-order valence-corrected chi connectivity index (χ1v) is 10.5. The lowest BCUT2D eigenvalue weighted by atomic mass is 9.94. The van der Waals surface area contributed by atoms with Crippen molar-refractivity contribution in [3.05, 3.63) is 64.0 Å². The molecular formula is C24H26F4N2O2. The predicted octanol–water partition coefficient (Wildman–Crippen LogP) is 5.26. The Balaban J connectivity index is 1.74. The van der Waals surface area contributed by atoms with Crippen molar-refractivity contribution >= 4 is 17.5 Å². The maximum atomic E-state index is 13.8. The van der Waals surface area contributed by atoms with E-state index in [0.717, 1.165) is 28.8 Å². The number of hydrogen-bond donors (Lipinski definition) is 1. The third-order valence-electron chi connectivity index (χ3n) is 5.51. The van der Waals surface area contributed by atoms with Crippen LogP contribution in [0.4, 0.5) is 23.2 Å². The second-order valence-electron chi connectivity index (χ2n) is 8.60. The Kier molecular flexibility index (Phi) is 6.91. The number of benzene rings is 2. The first kappa shape index (κ1) is 23.8. The summed E-state index contributed by atoms with van der Waals surface area (Å²) < 4.78 is 52.0. The largest absolute Gasteiger partial charge is 0.419 e. The molecule has 0 unspecified atom stereocenters. The molecule has 3 rings (SSSR count). The van der Waals surface area contributed by atoms with Gasteiger partial charge in [0.2, 0.25) is 11.8 Å². The molecule has 0 spiro atoms. The lowest BCUT2D eigenvalue weighted by Gasteiger charge is -2.31. The number of amides is 2. The normalized spacial score (nSPS) is 13.8. The van der Waals surface area contributed by atoms with Crippen molar-refractivity contribution in [1.29, 1.82) is 0 Å². The number of halogens is 4. The van der Waals surface area contributed by atoms with Crippen molar-refractivity contribution in [2.45, 2.75) is 52.8 Å². The number of fused-ring (bicyclic) bond motifs is 1. The van der Waals surface area contributed by atoms with Crippen LogP contribution in [-0.4, -0.2) is 23.3 Å². The van der Waals surface area contributed by atoms with Crippen LogP contribution in [0.15, 0.2) is 30.3 Å². The summed E-state index contributed by atoms with van der Waals surface area (Å²) in [5, 5.41) is 2.84. The molecule has 172 valence electrons. The Morgan fingerprint density at radius 1 is 1.16 bits per heavy atom. The molecule has 0 aromatic heterocycles. The van der Waals surface area contributed by atoms with Crippen LogP contribution < -0.4 is 5.32 Å². The highest BCUT2D eigenvalue weighted by molar-refractivity contribution is 5.94. The standard InChI is InChI=1S/C24H26F4N2O2/c1-14(2)10-22(32)30-9-8-18-17(13-30)6-4-15(3)23(18)29-21(31)12-16-5-7-19(20(25)11-16)24(26,27)28/h4-7,11,14H,8-10,12-13H2,1-3H3,(H,29,31). The van der Waals surface area contributed by atoms with Gasteiger partial charge in [-0.3, -0.25) is 9.59 Å². The number of aryl methyl sites for hydroxylation is 1. The molecule has 0 radical (unpaired) electrons. The predicted molar refractivity (Wildman–Crippen MR) is 113 cm³/mol. The van der Waals surface area contributed by atoms with Gasteiger partial charge in [-0.15, -0.1) is 0 Å². The molecule has 2 amide bonds. The van der Waals surface area contributed by atoms with Crippen molar-refractivity contribution in [2.75, 3.05) is 11.9 Å². The SMILES string of the molecule is Cc1ccc2c(c1NC(=O)Cc1ccc(C(F)(F)F)c(F)c1)CCN(C(=O)CC(C)C)C2. The van der Waals surface area contributed by atoms with Crippen LogP contribution in [0.2, 0.25) is 0 Å². The van der Waals surface area contributed by atoms with Gasteiger partial charge >= 0.3 is 6.18 Å². The summed E-state index contributed by atoms with van der Waals surface area (Å²) in [7, 11) is 0. The monoisotopic (exact) mass is 450 g/mol. The van der Waals surface area contributed by atoms with Gasteiger partial charge in [0, 0.05) is 25.2 Å². The molecule has 0 fully saturated rings. The highest BCUT2D eigenvalue weighted by Gasteiger charge is 2.34. The number of carbonyl (C=O) groups is 2. The molecule has 32 heavy (non-hydrogen) atoms. The molecule has 0 aliphatic carbocycles. The summed E-state index contributed by atoms with van der Waals surface area (Å²) >= 11 is 0. The van der Waals surface area contributed by atoms with Crippen LogP contribution >= 0.6 is 0 Å². The molecule has 2 aromatic carbocycles. The molecule has 1 aliphatic rings. The van der Waals surface area contributed by atoms with Gasteiger partial charge in [0.25, 0.3) is 0 Å². The Labute approximate surface area is 184 Å². The first-order valence-electron chi connectivity index (χ1n) is 10.5. The molecule has 4 nitrogen and oxygen atoms in total. The average molecular weight is 450 g/mol. The van der Waals surface area contributed by atoms with E-state index in [0.29, 0.717) is 37.7 Å². The van der Waals surface area contributed by atoms with E-state index in [1.165, 1.54) is 0 Å². The first-order chi connectivity index (χ1) is 15.0. The summed E-state index contributed by atoms with van der Waals surface area (Å²) in [4.78, 5) is 26.8. The average Bonchev–Trinajstić information content (AvgIpc) is 2.68. The fourth-order valence-electron chi connectivity index (χ4n) is 3.91. The van der Waals surface area contributed by atoms with Gasteiger partial charge in [0.1, 0.15) is 5.82 Å². The number of hydrogen-bond acceptors (Lipinski definition) is 2. The quantitative estimate of drug-likeness (QED) is 0.632. The minimum atomic E-state index is -4.78. The second-order valence-corrected chi connectivity index (χ2v) is 8.60. The molecular weight excluding hydrogens is 424 g/mol. The number of rotatable bonds is 5. The van der Waals surface area contributed by atoms with Crippen molar-refractivity contribution in [3.63, 3.8) is 0 Å². The van der Waals surface area contributed by atoms with Crippen LogP contribution in [0.25, 0.3) is 0 Å². The zero-order valence-corrected chi connectivity index (χ0v) is 18.3. The number of alkyl halides is 3. The molecule has 0 saturated carbocycles. The number of anilines is 1. The fraction of sp³-hybridized carbons (Fsp3) is 0.417. The second kappa shape index (κ2) is 9.30. The zero-order chi connectivity index (χ0) is 23.6. The van der Waals surface area contributed by atoms with Crippen molar-refractivity contribution in [2.24, 2.45) is 5.92 Å². The lowest BCUT2D eigenvalue weighted by molar-refractivity contribution is -0.140. The van der Waals surface area contributed by atoms with Crippen molar-refractivity contribution in [1.82, 2.24) is 4.90 Å². The van der Waals surface area contributed by atoms with Crippen LogP contribution in [0.1, 0.15) is 48.1 Å². The smallest absolute Gasteiger partial charge is 0.338 e. The Bertz CT molecular complexity index is 1030. The van der Waals surface area contributed by atoms with E-state index < -0.39 is 23.5 Å². The van der Waals surface area contributed by atoms with Gasteiger partial charge in [-0.05, 0) is 53.6 Å². The van der Waals surface area contributed by atoms with Crippen molar-refractivity contribution in [3.8, 4) is 0 Å². The van der Waals surface area contributed by atoms with E-state index in [1.54, 1.807) is 0 Å². The summed E-state index contributed by atoms with van der Waals surface area (Å²) in [5.74, 6) is -1.48. The summed E-state index contributed by atoms with van der Waals surface area (Å²) in [5.41, 5.74) is 2.20. The summed E-state index contributed by atoms with van der Waals surface area (Å²) in [6, 6.07) is 6.31. The van der Waals surface area contributed by atoms with Gasteiger partial charge in [0.15, 0.2) is 0 Å². The van der Waals surface area contributed by atoms with Crippen LogP contribution in [-0.2, 0) is 35.2 Å². The molecule has 0 atom stereocenters. The van der Waals surface area contributed by atoms with Gasteiger partial charge in [-0.1, -0.05) is 32.0 Å². The minimum Gasteiger partial charge on any atom is -0.338 e. The Hall–Kier alpha value is -2.90. The van der Waals surface area contributed by atoms with Gasteiger partial charge in [-0.2, -0.15) is 13.2 Å². The van der Waals surface area contributed by atoms with E-state index >= 15 is 0 Å². The molecule has 1 heterocycles. The third-order valence-corrected chi connectivity index (χ3v) is 5.51. The topological polar surface area (TPSA) is 49.4 Å². The molecule has 0 saturated heterocycles. The summed E-state index contributed by atoms with van der Waals surface area (Å²) in [6.07, 6.45) is -3.97. The lowest BCUT2D eigenvalue weighted by Crippen LogP contribution is -2.37. The maximum absolute atomic E-state index is 13.8. The number of carbonyl (C=O) groups excluding carboxylic acids is 2. The van der Waals surface area contributed by atoms with E-state index in [2.05, 4.69) is 5.32 Å². The Morgan fingerprint density at radius 2 is 1.88 bits per heavy atom. The molecule has 1 N–H and O–H groups in total. The van der Waals surface area contributed by atoms with E-state index in [-0.39, 0.29) is 23.8 Å². The highest BCUT2D eigenvalue weighted by atomic mass is 19.4. The number of nitrogens with one attached hydrogen (secondary N) is 1. The van der Waals surface area contributed by atoms with E-state index in [4.69, 9.17) is 0 Å². The molecule has 8 heteroatoms. The summed E-state index contributed by atoms with van der Waals surface area (Å²) in [6.45, 7) is 6.86. The van der Waals surface area contributed by atoms with Crippen LogP contribution in [0.5, 0.6) is 0 Å². The van der Waals surface area contributed by atoms with Gasteiger partial charge < -0.3 is 10.2 Å².